The van der Waals surface area contributed by atoms with E-state index in [1.165, 1.54) is 0 Å². The Hall–Kier alpha value is -2.49. The van der Waals surface area contributed by atoms with E-state index in [0.717, 1.165) is 16.9 Å². The highest BCUT2D eigenvalue weighted by Crippen LogP contribution is 2.19. The molecule has 2 N–H and O–H groups in total. The average molecular weight is 284 g/mol. The van der Waals surface area contributed by atoms with Crippen molar-refractivity contribution < 1.29 is 9.53 Å². The van der Waals surface area contributed by atoms with Crippen LogP contribution >= 0.6 is 0 Å². The summed E-state index contributed by atoms with van der Waals surface area (Å²) < 4.78 is 5.27. The van der Waals surface area contributed by atoms with E-state index in [4.69, 9.17) is 10.5 Å². The summed E-state index contributed by atoms with van der Waals surface area (Å²) >= 11 is 0. The van der Waals surface area contributed by atoms with Crippen LogP contribution in [0.2, 0.25) is 0 Å². The number of amides is 1. The van der Waals surface area contributed by atoms with Crippen LogP contribution in [0.4, 0.5) is 5.69 Å². The van der Waals surface area contributed by atoms with E-state index in [9.17, 15) is 4.79 Å². The minimum absolute atomic E-state index is 0.0303. The van der Waals surface area contributed by atoms with Gasteiger partial charge >= 0.3 is 0 Å². The predicted octanol–water partition coefficient (Wildman–Crippen LogP) is 2.48. The first-order valence-electron chi connectivity index (χ1n) is 6.81. The lowest BCUT2D eigenvalue weighted by atomic mass is 10.1. The summed E-state index contributed by atoms with van der Waals surface area (Å²) in [5.41, 5.74) is 8.45. The first kappa shape index (κ1) is 14.9. The fraction of sp³-hybridized carbons (Fsp3) is 0.235. The number of nitrogens with zero attached hydrogens (tertiary/aromatic N) is 1. The molecule has 4 nitrogen and oxygen atoms in total. The van der Waals surface area contributed by atoms with Gasteiger partial charge in [-0.25, -0.2) is 0 Å². The summed E-state index contributed by atoms with van der Waals surface area (Å²) in [6.45, 7) is 0.501. The van der Waals surface area contributed by atoms with Gasteiger partial charge in [0.05, 0.1) is 13.5 Å². The molecule has 0 aliphatic rings. The van der Waals surface area contributed by atoms with Gasteiger partial charge in [-0.3, -0.25) is 4.79 Å². The van der Waals surface area contributed by atoms with E-state index in [0.29, 0.717) is 18.7 Å². The summed E-state index contributed by atoms with van der Waals surface area (Å²) in [5.74, 6) is 0.765. The zero-order chi connectivity index (χ0) is 15.2. The van der Waals surface area contributed by atoms with Crippen LogP contribution in [0, 0.1) is 0 Å². The monoisotopic (exact) mass is 284 g/mol. The van der Waals surface area contributed by atoms with Crippen LogP contribution in [-0.4, -0.2) is 25.0 Å². The van der Waals surface area contributed by atoms with Crippen LogP contribution in [0.25, 0.3) is 0 Å². The van der Waals surface area contributed by atoms with Crippen molar-refractivity contribution in [2.75, 3.05) is 19.9 Å². The number of ether oxygens (including phenoxy) is 1. The lowest BCUT2D eigenvalue weighted by molar-refractivity contribution is -0.129. The fourth-order valence-electron chi connectivity index (χ4n) is 2.17. The molecule has 2 aromatic rings. The minimum Gasteiger partial charge on any atom is -0.496 e. The van der Waals surface area contributed by atoms with Gasteiger partial charge in [-0.2, -0.15) is 0 Å². The number of benzene rings is 2. The van der Waals surface area contributed by atoms with Gasteiger partial charge in [0.25, 0.3) is 0 Å². The molecule has 0 saturated heterocycles. The molecule has 4 heteroatoms. The zero-order valence-corrected chi connectivity index (χ0v) is 12.4. The molecule has 110 valence electrons. The number of para-hydroxylation sites is 2. The lowest BCUT2D eigenvalue weighted by Crippen LogP contribution is -2.28. The molecule has 0 aliphatic heterocycles. The fourth-order valence-corrected chi connectivity index (χ4v) is 2.17. The summed E-state index contributed by atoms with van der Waals surface area (Å²) in [7, 11) is 3.39. The zero-order valence-electron chi connectivity index (χ0n) is 12.4. The van der Waals surface area contributed by atoms with Gasteiger partial charge in [0.15, 0.2) is 0 Å². The number of methoxy groups -OCH3 is 1. The minimum atomic E-state index is 0.0303. The quantitative estimate of drug-likeness (QED) is 0.858. The van der Waals surface area contributed by atoms with Crippen molar-refractivity contribution in [1.29, 1.82) is 0 Å². The van der Waals surface area contributed by atoms with Crippen LogP contribution in [0.15, 0.2) is 48.5 Å². The van der Waals surface area contributed by atoms with Gasteiger partial charge in [0.1, 0.15) is 5.75 Å². The van der Waals surface area contributed by atoms with Crippen molar-refractivity contribution in [2.45, 2.75) is 13.0 Å². The Bertz CT molecular complexity index is 626. The average Bonchev–Trinajstić information content (AvgIpc) is 2.50. The first-order chi connectivity index (χ1) is 10.1. The Morgan fingerprint density at radius 3 is 2.38 bits per heavy atom. The number of likely N-dealkylation sites (N-methyl/N-ethyl adjacent to an activating group) is 1. The number of hydrogen-bond donors (Lipinski definition) is 1. The van der Waals surface area contributed by atoms with E-state index in [1.807, 2.05) is 48.5 Å². The molecule has 2 aromatic carbocycles. The van der Waals surface area contributed by atoms with Crippen molar-refractivity contribution in [3.8, 4) is 5.75 Å². The van der Waals surface area contributed by atoms with E-state index < -0.39 is 0 Å². The van der Waals surface area contributed by atoms with Crippen LogP contribution in [0.3, 0.4) is 0 Å². The van der Waals surface area contributed by atoms with Gasteiger partial charge in [-0.1, -0.05) is 36.4 Å². The molecular weight excluding hydrogens is 264 g/mol. The molecule has 0 heterocycles. The molecule has 0 atom stereocenters. The molecule has 0 fully saturated rings. The van der Waals surface area contributed by atoms with E-state index in [-0.39, 0.29) is 5.91 Å². The molecule has 0 aromatic heterocycles. The predicted molar refractivity (Wildman–Crippen MR) is 84.0 cm³/mol. The third-order valence-corrected chi connectivity index (χ3v) is 3.42. The van der Waals surface area contributed by atoms with Crippen LogP contribution < -0.4 is 10.5 Å². The summed E-state index contributed by atoms with van der Waals surface area (Å²) in [5, 5.41) is 0. The standard InChI is InChI=1S/C17H20N2O2/c1-19(12-14-8-3-5-9-15(14)18)17(20)11-13-7-4-6-10-16(13)21-2/h3-10H,11-12,18H2,1-2H3. The molecule has 0 radical (unpaired) electrons. The molecule has 0 saturated carbocycles. The normalized spacial score (nSPS) is 10.2. The lowest BCUT2D eigenvalue weighted by Gasteiger charge is -2.19. The topological polar surface area (TPSA) is 55.6 Å². The van der Waals surface area contributed by atoms with Crippen molar-refractivity contribution in [2.24, 2.45) is 0 Å². The van der Waals surface area contributed by atoms with Crippen LogP contribution in [0.1, 0.15) is 11.1 Å². The Kier molecular flexibility index (Phi) is 4.82. The summed E-state index contributed by atoms with van der Waals surface area (Å²) in [4.78, 5) is 14.0. The largest absolute Gasteiger partial charge is 0.496 e. The van der Waals surface area contributed by atoms with Crippen molar-refractivity contribution in [1.82, 2.24) is 4.90 Å². The van der Waals surface area contributed by atoms with E-state index >= 15 is 0 Å². The van der Waals surface area contributed by atoms with Gasteiger partial charge in [-0.05, 0) is 17.7 Å². The van der Waals surface area contributed by atoms with Crippen molar-refractivity contribution in [3.63, 3.8) is 0 Å². The third-order valence-electron chi connectivity index (χ3n) is 3.42. The number of carbonyl (C=O) groups is 1. The van der Waals surface area contributed by atoms with Gasteiger partial charge < -0.3 is 15.4 Å². The van der Waals surface area contributed by atoms with Gasteiger partial charge in [0.2, 0.25) is 5.91 Å². The van der Waals surface area contributed by atoms with Crippen molar-refractivity contribution in [3.05, 3.63) is 59.7 Å². The maximum absolute atomic E-state index is 12.3. The van der Waals surface area contributed by atoms with E-state index in [2.05, 4.69) is 0 Å². The highest BCUT2D eigenvalue weighted by atomic mass is 16.5. The Morgan fingerprint density at radius 2 is 1.71 bits per heavy atom. The Balaban J connectivity index is 2.05. The maximum Gasteiger partial charge on any atom is 0.227 e. The van der Waals surface area contributed by atoms with Crippen molar-refractivity contribution >= 4 is 11.6 Å². The molecular formula is C17H20N2O2. The number of nitrogens with two attached hydrogens (primary N) is 1. The Labute approximate surface area is 125 Å². The van der Waals surface area contributed by atoms with Gasteiger partial charge in [0, 0.05) is 24.8 Å². The molecule has 2 rings (SSSR count). The van der Waals surface area contributed by atoms with E-state index in [1.54, 1.807) is 19.1 Å². The van der Waals surface area contributed by atoms with Crippen LogP contribution in [-0.2, 0) is 17.8 Å². The highest BCUT2D eigenvalue weighted by molar-refractivity contribution is 5.79. The molecule has 1 amide bonds. The Morgan fingerprint density at radius 1 is 1.10 bits per heavy atom. The smallest absolute Gasteiger partial charge is 0.227 e. The summed E-state index contributed by atoms with van der Waals surface area (Å²) in [6, 6.07) is 15.1. The molecule has 21 heavy (non-hydrogen) atoms. The SMILES string of the molecule is COc1ccccc1CC(=O)N(C)Cc1ccccc1N. The van der Waals surface area contributed by atoms with Crippen LogP contribution in [0.5, 0.6) is 5.75 Å². The number of nitrogen functional groups attached to an aromatic ring is 1. The molecule has 0 bridgehead atoms. The molecule has 0 aliphatic carbocycles. The number of hydrogen-bond acceptors (Lipinski definition) is 3. The summed E-state index contributed by atoms with van der Waals surface area (Å²) in [6.07, 6.45) is 0.313. The molecule has 0 unspecified atom stereocenters. The second-order valence-corrected chi connectivity index (χ2v) is 4.94. The van der Waals surface area contributed by atoms with Gasteiger partial charge in [-0.15, -0.1) is 0 Å². The third kappa shape index (κ3) is 3.75. The molecule has 0 spiro atoms. The second-order valence-electron chi connectivity index (χ2n) is 4.94. The number of anilines is 1. The maximum atomic E-state index is 12.3. The number of rotatable bonds is 5. The first-order valence-corrected chi connectivity index (χ1v) is 6.81. The highest BCUT2D eigenvalue weighted by Gasteiger charge is 2.13. The second kappa shape index (κ2) is 6.79. The number of carbonyl (C=O) groups excluding carboxylic acids is 1.